The number of benzene rings is 3. The fraction of sp³-hybridized carbons (Fsp3) is 0. The van der Waals surface area contributed by atoms with Crippen LogP contribution in [-0.4, -0.2) is 5.91 Å². The molecule has 0 aliphatic heterocycles. The molecule has 0 saturated carbocycles. The molecule has 23 heavy (non-hydrogen) atoms. The smallest absolute Gasteiger partial charge is 0.269 e. The molecular weight excluding hydrogens is 399 g/mol. The largest absolute Gasteiger partial charge is 0.298 e. The lowest BCUT2D eigenvalue weighted by Crippen LogP contribution is -2.35. The van der Waals surface area contributed by atoms with Gasteiger partial charge in [-0.05, 0) is 63.2 Å². The highest BCUT2D eigenvalue weighted by Crippen LogP contribution is 2.18. The monoisotopic (exact) mass is 414 g/mol. The zero-order valence-electron chi connectivity index (χ0n) is 12.3. The molecule has 4 heteroatoms. The summed E-state index contributed by atoms with van der Waals surface area (Å²) in [5, 5.41) is 2.31. The number of hydrogen-bond acceptors (Lipinski definition) is 2. The summed E-state index contributed by atoms with van der Waals surface area (Å²) in [6.45, 7) is 3.99. The summed E-state index contributed by atoms with van der Waals surface area (Å²) in [6, 6.07) is 21.6. The van der Waals surface area contributed by atoms with Crippen molar-refractivity contribution in [2.75, 3.05) is 0 Å². The molecule has 3 aromatic rings. The lowest BCUT2D eigenvalue weighted by Gasteiger charge is -2.12. The Morgan fingerprint density at radius 1 is 0.826 bits per heavy atom. The van der Waals surface area contributed by atoms with Gasteiger partial charge in [0.1, 0.15) is 0 Å². The van der Waals surface area contributed by atoms with Crippen molar-refractivity contribution in [2.24, 2.45) is 0 Å². The number of fused-ring (bicyclic) bond motifs is 1. The first-order chi connectivity index (χ1) is 11.1. The van der Waals surface area contributed by atoms with Gasteiger partial charge in [-0.25, -0.2) is 0 Å². The van der Waals surface area contributed by atoms with Gasteiger partial charge < -0.3 is 0 Å². The number of carbonyl (C=O) groups is 1. The highest BCUT2D eigenvalue weighted by atomic mass is 127. The van der Waals surface area contributed by atoms with Crippen molar-refractivity contribution >= 4 is 45.0 Å². The van der Waals surface area contributed by atoms with Crippen LogP contribution in [0, 0.1) is 3.57 Å². The third-order valence-corrected chi connectivity index (χ3v) is 4.18. The molecule has 0 fully saturated rings. The van der Waals surface area contributed by atoms with Crippen LogP contribution in [0.2, 0.25) is 0 Å². The van der Waals surface area contributed by atoms with E-state index in [2.05, 4.69) is 52.2 Å². The van der Waals surface area contributed by atoms with Crippen LogP contribution < -0.4 is 10.9 Å². The number of amides is 1. The fourth-order valence-corrected chi connectivity index (χ4v) is 2.83. The molecule has 3 aromatic carbocycles. The number of hydrogen-bond donors (Lipinski definition) is 2. The third-order valence-electron chi connectivity index (χ3n) is 3.51. The highest BCUT2D eigenvalue weighted by molar-refractivity contribution is 14.1. The van der Waals surface area contributed by atoms with Gasteiger partial charge in [0.15, 0.2) is 0 Å². The standard InChI is InChI=1S/C19H15IN2O/c1-13(15-10-9-14-5-2-3-6-16(14)11-15)21-22-19(23)17-7-4-8-18(20)12-17/h2-12,21H,1H2,(H,22,23). The summed E-state index contributed by atoms with van der Waals surface area (Å²) in [7, 11) is 0. The van der Waals surface area contributed by atoms with E-state index >= 15 is 0 Å². The number of carbonyl (C=O) groups excluding carboxylic acids is 1. The topological polar surface area (TPSA) is 41.1 Å². The summed E-state index contributed by atoms with van der Waals surface area (Å²) < 4.78 is 1.02. The molecular formula is C19H15IN2O. The minimum atomic E-state index is -0.189. The van der Waals surface area contributed by atoms with Gasteiger partial charge in [0.05, 0.1) is 5.70 Å². The van der Waals surface area contributed by atoms with Crippen LogP contribution in [-0.2, 0) is 0 Å². The Kier molecular flexibility index (Phi) is 4.62. The number of rotatable bonds is 4. The maximum absolute atomic E-state index is 12.1. The molecule has 0 saturated heterocycles. The van der Waals surface area contributed by atoms with Crippen LogP contribution in [0.3, 0.4) is 0 Å². The first kappa shape index (κ1) is 15.6. The zero-order chi connectivity index (χ0) is 16.2. The molecule has 0 atom stereocenters. The van der Waals surface area contributed by atoms with Crippen molar-refractivity contribution in [3.8, 4) is 0 Å². The Bertz CT molecular complexity index is 889. The maximum Gasteiger partial charge on any atom is 0.269 e. The number of hydrazine groups is 1. The van der Waals surface area contributed by atoms with E-state index < -0.39 is 0 Å². The Morgan fingerprint density at radius 2 is 1.61 bits per heavy atom. The minimum absolute atomic E-state index is 0.189. The van der Waals surface area contributed by atoms with Gasteiger partial charge in [0.25, 0.3) is 5.91 Å². The molecule has 3 rings (SSSR count). The first-order valence-corrected chi connectivity index (χ1v) is 8.21. The maximum atomic E-state index is 12.1. The predicted molar refractivity (Wildman–Crippen MR) is 103 cm³/mol. The van der Waals surface area contributed by atoms with Crippen molar-refractivity contribution in [3.05, 3.63) is 88.0 Å². The van der Waals surface area contributed by atoms with E-state index in [1.807, 2.05) is 48.5 Å². The Labute approximate surface area is 148 Å². The number of nitrogens with one attached hydrogen (secondary N) is 2. The van der Waals surface area contributed by atoms with Crippen LogP contribution in [0.15, 0.2) is 73.3 Å². The van der Waals surface area contributed by atoms with Gasteiger partial charge in [0, 0.05) is 9.13 Å². The Morgan fingerprint density at radius 3 is 2.39 bits per heavy atom. The molecule has 0 bridgehead atoms. The first-order valence-electron chi connectivity index (χ1n) is 7.13. The predicted octanol–water partition coefficient (Wildman–Crippen LogP) is 4.35. The van der Waals surface area contributed by atoms with Crippen LogP contribution in [0.4, 0.5) is 0 Å². The van der Waals surface area contributed by atoms with Gasteiger partial charge in [-0.2, -0.15) is 0 Å². The molecule has 0 heterocycles. The zero-order valence-corrected chi connectivity index (χ0v) is 14.5. The van der Waals surface area contributed by atoms with Crippen molar-refractivity contribution < 1.29 is 4.79 Å². The second kappa shape index (κ2) is 6.83. The van der Waals surface area contributed by atoms with Crippen molar-refractivity contribution in [2.45, 2.75) is 0 Å². The molecule has 0 aromatic heterocycles. The van der Waals surface area contributed by atoms with Gasteiger partial charge in [-0.15, -0.1) is 0 Å². The molecule has 0 spiro atoms. The summed E-state index contributed by atoms with van der Waals surface area (Å²) >= 11 is 2.18. The fourth-order valence-electron chi connectivity index (χ4n) is 2.28. The quantitative estimate of drug-likeness (QED) is 0.493. The van der Waals surface area contributed by atoms with Crippen LogP contribution in [0.25, 0.3) is 16.5 Å². The Balaban J connectivity index is 1.69. The van der Waals surface area contributed by atoms with E-state index in [1.165, 1.54) is 5.39 Å². The third kappa shape index (κ3) is 3.71. The van der Waals surface area contributed by atoms with Gasteiger partial charge >= 0.3 is 0 Å². The molecule has 2 N–H and O–H groups in total. The summed E-state index contributed by atoms with van der Waals surface area (Å²) in [5.74, 6) is -0.189. The van der Waals surface area contributed by atoms with Crippen LogP contribution in [0.1, 0.15) is 15.9 Å². The van der Waals surface area contributed by atoms with Crippen LogP contribution in [0.5, 0.6) is 0 Å². The van der Waals surface area contributed by atoms with E-state index in [0.717, 1.165) is 14.5 Å². The van der Waals surface area contributed by atoms with Crippen molar-refractivity contribution in [1.29, 1.82) is 0 Å². The molecule has 0 aliphatic carbocycles. The lowest BCUT2D eigenvalue weighted by molar-refractivity contribution is 0.0942. The number of halogens is 1. The van der Waals surface area contributed by atoms with Gasteiger partial charge in [-0.1, -0.05) is 49.0 Å². The molecule has 0 unspecified atom stereocenters. The van der Waals surface area contributed by atoms with E-state index in [0.29, 0.717) is 11.3 Å². The summed E-state index contributed by atoms with van der Waals surface area (Å²) in [6.07, 6.45) is 0. The average Bonchev–Trinajstić information content (AvgIpc) is 2.59. The highest BCUT2D eigenvalue weighted by Gasteiger charge is 2.06. The van der Waals surface area contributed by atoms with Crippen molar-refractivity contribution in [3.63, 3.8) is 0 Å². The molecule has 0 radical (unpaired) electrons. The van der Waals surface area contributed by atoms with E-state index in [9.17, 15) is 4.79 Å². The molecule has 114 valence electrons. The van der Waals surface area contributed by atoms with E-state index in [1.54, 1.807) is 6.07 Å². The van der Waals surface area contributed by atoms with E-state index in [4.69, 9.17) is 0 Å². The van der Waals surface area contributed by atoms with Crippen LogP contribution >= 0.6 is 22.6 Å². The Hall–Kier alpha value is -2.34. The van der Waals surface area contributed by atoms with Crippen molar-refractivity contribution in [1.82, 2.24) is 10.9 Å². The average molecular weight is 414 g/mol. The van der Waals surface area contributed by atoms with Gasteiger partial charge in [0.2, 0.25) is 0 Å². The SMILES string of the molecule is C=C(NNC(=O)c1cccc(I)c1)c1ccc2ccccc2c1. The second-order valence-electron chi connectivity index (χ2n) is 5.13. The van der Waals surface area contributed by atoms with Gasteiger partial charge in [-0.3, -0.25) is 15.6 Å². The second-order valence-corrected chi connectivity index (χ2v) is 6.38. The summed E-state index contributed by atoms with van der Waals surface area (Å²) in [5.41, 5.74) is 7.76. The normalized spacial score (nSPS) is 10.3. The molecule has 1 amide bonds. The van der Waals surface area contributed by atoms with E-state index in [-0.39, 0.29) is 5.91 Å². The molecule has 0 aliphatic rings. The minimum Gasteiger partial charge on any atom is -0.298 e. The summed E-state index contributed by atoms with van der Waals surface area (Å²) in [4.78, 5) is 12.1. The lowest BCUT2D eigenvalue weighted by atomic mass is 10.1. The molecule has 3 nitrogen and oxygen atoms in total.